The molecule has 4 nitrogen and oxygen atoms in total. The molecule has 0 amide bonds. The van der Waals surface area contributed by atoms with E-state index in [1.165, 1.54) is 10.6 Å². The van der Waals surface area contributed by atoms with E-state index in [9.17, 15) is 8.42 Å². The monoisotopic (exact) mass is 228 g/mol. The molecule has 0 aromatic heterocycles. The molecule has 1 atom stereocenters. The molecule has 0 saturated carbocycles. The normalized spacial score (nSPS) is 25.2. The zero-order valence-corrected chi connectivity index (χ0v) is 9.62. The van der Waals surface area contributed by atoms with Gasteiger partial charge in [-0.3, -0.25) is 0 Å². The molecule has 0 spiro atoms. The zero-order chi connectivity index (χ0) is 9.19. The maximum atomic E-state index is 11.1. The Morgan fingerprint density at radius 1 is 1.46 bits per heavy atom. The van der Waals surface area contributed by atoms with E-state index in [0.29, 0.717) is 19.1 Å². The molecule has 1 fully saturated rings. The quantitative estimate of drug-likeness (QED) is 0.727. The lowest BCUT2D eigenvalue weighted by Crippen LogP contribution is -2.46. The molecule has 1 aliphatic rings. The van der Waals surface area contributed by atoms with E-state index in [2.05, 4.69) is 5.32 Å². The summed E-state index contributed by atoms with van der Waals surface area (Å²) in [6, 6.07) is 0.327. The van der Waals surface area contributed by atoms with Crippen LogP contribution in [0.2, 0.25) is 0 Å². The van der Waals surface area contributed by atoms with Crippen LogP contribution in [0.25, 0.3) is 0 Å². The first-order valence-corrected chi connectivity index (χ1v) is 6.01. The van der Waals surface area contributed by atoms with Crippen molar-refractivity contribution in [1.29, 1.82) is 0 Å². The van der Waals surface area contributed by atoms with E-state index in [4.69, 9.17) is 0 Å². The van der Waals surface area contributed by atoms with Gasteiger partial charge in [0.15, 0.2) is 0 Å². The standard InChI is InChI=1S/C7H16N2O2S.ClH/c1-8-7-4-3-5-9(6-7)12(2,10)11;/h7-8H,3-6H2,1-2H3;1H/t7-;/m0./s1. The van der Waals surface area contributed by atoms with Gasteiger partial charge in [-0.05, 0) is 19.9 Å². The van der Waals surface area contributed by atoms with Crippen LogP contribution in [0.15, 0.2) is 0 Å². The Morgan fingerprint density at radius 2 is 2.08 bits per heavy atom. The van der Waals surface area contributed by atoms with Crippen LogP contribution >= 0.6 is 12.4 Å². The van der Waals surface area contributed by atoms with Crippen molar-refractivity contribution in [3.8, 4) is 0 Å². The molecule has 0 unspecified atom stereocenters. The summed E-state index contributed by atoms with van der Waals surface area (Å²) in [5, 5.41) is 3.10. The van der Waals surface area contributed by atoms with Crippen LogP contribution in [0.3, 0.4) is 0 Å². The molecular formula is C7H17ClN2O2S. The number of hydrogen-bond donors (Lipinski definition) is 1. The van der Waals surface area contributed by atoms with Gasteiger partial charge in [0, 0.05) is 19.1 Å². The van der Waals surface area contributed by atoms with Gasteiger partial charge in [-0.25, -0.2) is 12.7 Å². The Labute approximate surface area is 86.1 Å². The van der Waals surface area contributed by atoms with Crippen LogP contribution in [-0.4, -0.2) is 45.2 Å². The molecular weight excluding hydrogens is 212 g/mol. The minimum Gasteiger partial charge on any atom is -0.316 e. The molecule has 13 heavy (non-hydrogen) atoms. The highest BCUT2D eigenvalue weighted by Gasteiger charge is 2.24. The van der Waals surface area contributed by atoms with Crippen molar-refractivity contribution in [2.24, 2.45) is 0 Å². The van der Waals surface area contributed by atoms with Gasteiger partial charge >= 0.3 is 0 Å². The number of piperidine rings is 1. The van der Waals surface area contributed by atoms with Crippen molar-refractivity contribution < 1.29 is 8.42 Å². The van der Waals surface area contributed by atoms with Crippen LogP contribution in [0.1, 0.15) is 12.8 Å². The molecule has 1 heterocycles. The summed E-state index contributed by atoms with van der Waals surface area (Å²) in [6.45, 7) is 1.30. The second-order valence-corrected chi connectivity index (χ2v) is 5.23. The highest BCUT2D eigenvalue weighted by molar-refractivity contribution is 7.88. The predicted molar refractivity (Wildman–Crippen MR) is 55.7 cm³/mol. The Morgan fingerprint density at radius 3 is 2.54 bits per heavy atom. The SMILES string of the molecule is CN[C@H]1CCCN(S(C)(=O)=O)C1.Cl. The molecule has 0 aromatic rings. The number of halogens is 1. The third-order valence-electron chi connectivity index (χ3n) is 2.26. The first-order valence-electron chi connectivity index (χ1n) is 4.16. The first-order chi connectivity index (χ1) is 5.54. The Kier molecular flexibility index (Phi) is 5.21. The van der Waals surface area contributed by atoms with Crippen molar-refractivity contribution in [3.05, 3.63) is 0 Å². The molecule has 0 aliphatic carbocycles. The maximum Gasteiger partial charge on any atom is 0.211 e. The number of sulfonamides is 1. The van der Waals surface area contributed by atoms with Gasteiger partial charge in [0.25, 0.3) is 0 Å². The van der Waals surface area contributed by atoms with Gasteiger partial charge in [-0.15, -0.1) is 12.4 Å². The summed E-state index contributed by atoms with van der Waals surface area (Å²) in [6.07, 6.45) is 3.30. The average molecular weight is 229 g/mol. The third kappa shape index (κ3) is 3.81. The highest BCUT2D eigenvalue weighted by Crippen LogP contribution is 2.12. The topological polar surface area (TPSA) is 49.4 Å². The van der Waals surface area contributed by atoms with Gasteiger partial charge in [0.1, 0.15) is 0 Å². The summed E-state index contributed by atoms with van der Waals surface area (Å²) >= 11 is 0. The van der Waals surface area contributed by atoms with Crippen molar-refractivity contribution in [1.82, 2.24) is 9.62 Å². The van der Waals surface area contributed by atoms with Gasteiger partial charge in [0.2, 0.25) is 10.0 Å². The summed E-state index contributed by atoms with van der Waals surface area (Å²) in [5.74, 6) is 0. The molecule has 1 rings (SSSR count). The lowest BCUT2D eigenvalue weighted by atomic mass is 10.1. The van der Waals surface area contributed by atoms with Crippen molar-refractivity contribution in [2.45, 2.75) is 18.9 Å². The van der Waals surface area contributed by atoms with E-state index in [1.54, 1.807) is 0 Å². The van der Waals surface area contributed by atoms with Crippen molar-refractivity contribution in [2.75, 3.05) is 26.4 Å². The molecule has 0 radical (unpaired) electrons. The Bertz CT molecular complexity index is 243. The molecule has 1 aliphatic heterocycles. The zero-order valence-electron chi connectivity index (χ0n) is 7.99. The van der Waals surface area contributed by atoms with Gasteiger partial charge < -0.3 is 5.32 Å². The predicted octanol–water partition coefficient (Wildman–Crippen LogP) is 0.0516. The number of hydrogen-bond acceptors (Lipinski definition) is 3. The molecule has 80 valence electrons. The van der Waals surface area contributed by atoms with Crippen LogP contribution < -0.4 is 5.32 Å². The minimum atomic E-state index is -2.98. The Hall–Kier alpha value is 0.160. The minimum absolute atomic E-state index is 0. The van der Waals surface area contributed by atoms with E-state index >= 15 is 0 Å². The summed E-state index contributed by atoms with van der Waals surface area (Å²) < 4.78 is 23.8. The molecule has 1 saturated heterocycles. The fraction of sp³-hybridized carbons (Fsp3) is 1.00. The number of likely N-dealkylation sites (N-methyl/N-ethyl adjacent to an activating group) is 1. The highest BCUT2D eigenvalue weighted by atomic mass is 35.5. The third-order valence-corrected chi connectivity index (χ3v) is 3.53. The number of rotatable bonds is 2. The Balaban J connectivity index is 0.00000144. The summed E-state index contributed by atoms with van der Waals surface area (Å²) in [7, 11) is -1.10. The summed E-state index contributed by atoms with van der Waals surface area (Å²) in [4.78, 5) is 0. The average Bonchev–Trinajstić information content (AvgIpc) is 2.03. The molecule has 6 heteroatoms. The van der Waals surface area contributed by atoms with Crippen LogP contribution in [0.4, 0.5) is 0 Å². The molecule has 0 bridgehead atoms. The number of nitrogens with zero attached hydrogens (tertiary/aromatic N) is 1. The first kappa shape index (κ1) is 13.2. The second-order valence-electron chi connectivity index (χ2n) is 3.25. The smallest absolute Gasteiger partial charge is 0.211 e. The van der Waals surface area contributed by atoms with E-state index in [-0.39, 0.29) is 12.4 Å². The van der Waals surface area contributed by atoms with Gasteiger partial charge in [0.05, 0.1) is 6.26 Å². The van der Waals surface area contributed by atoms with Gasteiger partial charge in [-0.2, -0.15) is 0 Å². The fourth-order valence-corrected chi connectivity index (χ4v) is 2.39. The van der Waals surface area contributed by atoms with E-state index in [1.807, 2.05) is 7.05 Å². The lowest BCUT2D eigenvalue weighted by Gasteiger charge is -2.30. The summed E-state index contributed by atoms with van der Waals surface area (Å²) in [5.41, 5.74) is 0. The molecule has 1 N–H and O–H groups in total. The second kappa shape index (κ2) is 5.14. The fourth-order valence-electron chi connectivity index (χ4n) is 1.48. The van der Waals surface area contributed by atoms with Crippen LogP contribution in [0.5, 0.6) is 0 Å². The van der Waals surface area contributed by atoms with E-state index in [0.717, 1.165) is 12.8 Å². The lowest BCUT2D eigenvalue weighted by molar-refractivity contribution is 0.294. The molecule has 0 aromatic carbocycles. The number of nitrogens with one attached hydrogen (secondary N) is 1. The largest absolute Gasteiger partial charge is 0.316 e. The van der Waals surface area contributed by atoms with Crippen LogP contribution in [0, 0.1) is 0 Å². The van der Waals surface area contributed by atoms with Crippen molar-refractivity contribution in [3.63, 3.8) is 0 Å². The maximum absolute atomic E-state index is 11.1. The van der Waals surface area contributed by atoms with Gasteiger partial charge in [-0.1, -0.05) is 0 Å². The van der Waals surface area contributed by atoms with E-state index < -0.39 is 10.0 Å². The van der Waals surface area contributed by atoms with Crippen LogP contribution in [-0.2, 0) is 10.0 Å². The van der Waals surface area contributed by atoms with Crippen molar-refractivity contribution >= 4 is 22.4 Å².